The molecule has 0 atom stereocenters. The summed E-state index contributed by atoms with van der Waals surface area (Å²) in [5.74, 6) is -0.589. The lowest BCUT2D eigenvalue weighted by atomic mass is 10.1. The van der Waals surface area contributed by atoms with Crippen molar-refractivity contribution in [2.75, 3.05) is 11.9 Å². The zero-order valence-electron chi connectivity index (χ0n) is 13.4. The summed E-state index contributed by atoms with van der Waals surface area (Å²) in [6.07, 6.45) is 0.184. The van der Waals surface area contributed by atoms with Gasteiger partial charge in [0.1, 0.15) is 0 Å². The summed E-state index contributed by atoms with van der Waals surface area (Å²) in [4.78, 5) is 34.3. The van der Waals surface area contributed by atoms with Crippen molar-refractivity contribution in [2.24, 2.45) is 0 Å². The highest BCUT2D eigenvalue weighted by molar-refractivity contribution is 5.89. The van der Waals surface area contributed by atoms with Crippen molar-refractivity contribution in [1.82, 2.24) is 10.6 Å². The van der Waals surface area contributed by atoms with Crippen LogP contribution < -0.4 is 16.0 Å². The van der Waals surface area contributed by atoms with Crippen LogP contribution in [-0.2, 0) is 20.8 Å². The van der Waals surface area contributed by atoms with E-state index < -0.39 is 0 Å². The van der Waals surface area contributed by atoms with Gasteiger partial charge in [-0.3, -0.25) is 14.4 Å². The fraction of sp³-hybridized carbons (Fsp3) is 0.438. The van der Waals surface area contributed by atoms with Crippen molar-refractivity contribution in [3.8, 4) is 0 Å². The van der Waals surface area contributed by atoms with E-state index in [9.17, 15) is 14.4 Å². The minimum absolute atomic E-state index is 0.0416. The van der Waals surface area contributed by atoms with Crippen molar-refractivity contribution < 1.29 is 14.4 Å². The van der Waals surface area contributed by atoms with E-state index in [-0.39, 0.29) is 36.2 Å². The number of carbonyl (C=O) groups excluding carboxylic acids is 3. The van der Waals surface area contributed by atoms with E-state index in [0.717, 1.165) is 5.56 Å². The molecule has 120 valence electrons. The van der Waals surface area contributed by atoms with Gasteiger partial charge in [-0.1, -0.05) is 12.1 Å². The summed E-state index contributed by atoms with van der Waals surface area (Å²) < 4.78 is 0. The molecule has 0 aliphatic rings. The molecule has 0 spiro atoms. The van der Waals surface area contributed by atoms with Gasteiger partial charge in [-0.25, -0.2) is 0 Å². The molecule has 3 amide bonds. The molecular weight excluding hydrogens is 282 g/mol. The molecule has 0 bridgehead atoms. The number of hydrogen-bond acceptors (Lipinski definition) is 3. The highest BCUT2D eigenvalue weighted by Crippen LogP contribution is 2.09. The number of carbonyl (C=O) groups is 3. The van der Waals surface area contributed by atoms with Gasteiger partial charge in [0, 0.05) is 18.2 Å². The number of anilines is 1. The first-order chi connectivity index (χ1) is 10.2. The first-order valence-electron chi connectivity index (χ1n) is 7.10. The molecule has 0 radical (unpaired) electrons. The molecule has 0 saturated heterocycles. The minimum atomic E-state index is -0.318. The molecule has 0 fully saturated rings. The number of amides is 3. The van der Waals surface area contributed by atoms with Gasteiger partial charge in [-0.2, -0.15) is 0 Å². The second-order valence-electron chi connectivity index (χ2n) is 6.13. The quantitative estimate of drug-likeness (QED) is 0.764. The van der Waals surface area contributed by atoms with Crippen molar-refractivity contribution in [3.63, 3.8) is 0 Å². The van der Waals surface area contributed by atoms with E-state index in [1.165, 1.54) is 6.92 Å². The number of nitrogens with one attached hydrogen (secondary N) is 3. The smallest absolute Gasteiger partial charge is 0.239 e. The molecule has 0 aromatic heterocycles. The summed E-state index contributed by atoms with van der Waals surface area (Å²) in [6.45, 7) is 7.03. The molecule has 1 aromatic rings. The second kappa shape index (κ2) is 7.59. The fourth-order valence-corrected chi connectivity index (χ4v) is 1.80. The molecule has 6 nitrogen and oxygen atoms in total. The largest absolute Gasteiger partial charge is 0.350 e. The van der Waals surface area contributed by atoms with Gasteiger partial charge < -0.3 is 16.0 Å². The van der Waals surface area contributed by atoms with Crippen LogP contribution >= 0.6 is 0 Å². The van der Waals surface area contributed by atoms with Gasteiger partial charge in [0.15, 0.2) is 0 Å². The van der Waals surface area contributed by atoms with Crippen LogP contribution in [0.3, 0.4) is 0 Å². The fourth-order valence-electron chi connectivity index (χ4n) is 1.80. The van der Waals surface area contributed by atoms with E-state index in [1.54, 1.807) is 24.3 Å². The summed E-state index contributed by atoms with van der Waals surface area (Å²) >= 11 is 0. The van der Waals surface area contributed by atoms with Crippen LogP contribution in [0.2, 0.25) is 0 Å². The third-order valence-corrected chi connectivity index (χ3v) is 2.60. The molecule has 0 aliphatic carbocycles. The molecule has 0 heterocycles. The summed E-state index contributed by atoms with van der Waals surface area (Å²) in [7, 11) is 0. The maximum atomic E-state index is 11.8. The predicted molar refractivity (Wildman–Crippen MR) is 85.4 cm³/mol. The van der Waals surface area contributed by atoms with Crippen LogP contribution in [0.5, 0.6) is 0 Å². The lowest BCUT2D eigenvalue weighted by molar-refractivity contribution is -0.126. The Morgan fingerprint density at radius 1 is 1.00 bits per heavy atom. The monoisotopic (exact) mass is 305 g/mol. The highest BCUT2D eigenvalue weighted by Gasteiger charge is 2.14. The number of hydrogen-bond donors (Lipinski definition) is 3. The lowest BCUT2D eigenvalue weighted by Crippen LogP contribution is -2.46. The van der Waals surface area contributed by atoms with Crippen molar-refractivity contribution in [2.45, 2.75) is 39.7 Å². The Bertz CT molecular complexity index is 545. The van der Waals surface area contributed by atoms with E-state index in [0.29, 0.717) is 5.69 Å². The number of rotatable bonds is 5. The van der Waals surface area contributed by atoms with Gasteiger partial charge in [0.05, 0.1) is 13.0 Å². The maximum absolute atomic E-state index is 11.8. The molecule has 3 N–H and O–H groups in total. The molecule has 1 aromatic carbocycles. The zero-order chi connectivity index (χ0) is 16.8. The minimum Gasteiger partial charge on any atom is -0.350 e. The molecule has 0 saturated carbocycles. The van der Waals surface area contributed by atoms with Crippen LogP contribution in [0.4, 0.5) is 5.69 Å². The van der Waals surface area contributed by atoms with Crippen LogP contribution in [0.15, 0.2) is 24.3 Å². The SMILES string of the molecule is CC(=O)Nc1ccc(CC(=O)NCC(=O)NC(C)(C)C)cc1. The third-order valence-electron chi connectivity index (χ3n) is 2.60. The second-order valence-corrected chi connectivity index (χ2v) is 6.13. The molecule has 1 rings (SSSR count). The highest BCUT2D eigenvalue weighted by atomic mass is 16.2. The van der Waals surface area contributed by atoms with E-state index in [2.05, 4.69) is 16.0 Å². The average molecular weight is 305 g/mol. The lowest BCUT2D eigenvalue weighted by Gasteiger charge is -2.20. The Morgan fingerprint density at radius 3 is 2.09 bits per heavy atom. The Morgan fingerprint density at radius 2 is 1.59 bits per heavy atom. The van der Waals surface area contributed by atoms with Crippen LogP contribution in [0.1, 0.15) is 33.3 Å². The van der Waals surface area contributed by atoms with Gasteiger partial charge in [-0.15, -0.1) is 0 Å². The Kier molecular flexibility index (Phi) is 6.10. The normalized spacial score (nSPS) is 10.7. The summed E-state index contributed by atoms with van der Waals surface area (Å²) in [5, 5.41) is 8.00. The van der Waals surface area contributed by atoms with Crippen molar-refractivity contribution >= 4 is 23.4 Å². The van der Waals surface area contributed by atoms with Gasteiger partial charge in [0.25, 0.3) is 0 Å². The van der Waals surface area contributed by atoms with Crippen molar-refractivity contribution in [1.29, 1.82) is 0 Å². The maximum Gasteiger partial charge on any atom is 0.239 e. The van der Waals surface area contributed by atoms with E-state index in [4.69, 9.17) is 0 Å². The molecule has 22 heavy (non-hydrogen) atoms. The average Bonchev–Trinajstić information content (AvgIpc) is 2.36. The summed E-state index contributed by atoms with van der Waals surface area (Å²) in [6, 6.07) is 6.99. The van der Waals surface area contributed by atoms with Crippen molar-refractivity contribution in [3.05, 3.63) is 29.8 Å². The van der Waals surface area contributed by atoms with E-state index in [1.807, 2.05) is 20.8 Å². The Balaban J connectivity index is 2.42. The van der Waals surface area contributed by atoms with Crippen LogP contribution in [-0.4, -0.2) is 29.8 Å². The third kappa shape index (κ3) is 7.42. The molecule has 6 heteroatoms. The topological polar surface area (TPSA) is 87.3 Å². The molecule has 0 unspecified atom stereocenters. The van der Waals surface area contributed by atoms with E-state index >= 15 is 0 Å². The zero-order valence-corrected chi connectivity index (χ0v) is 13.4. The van der Waals surface area contributed by atoms with Crippen LogP contribution in [0, 0.1) is 0 Å². The summed E-state index contributed by atoms with van der Waals surface area (Å²) in [5.41, 5.74) is 1.17. The van der Waals surface area contributed by atoms with Gasteiger partial charge in [0.2, 0.25) is 17.7 Å². The van der Waals surface area contributed by atoms with Gasteiger partial charge in [-0.05, 0) is 38.5 Å². The first kappa shape index (κ1) is 17.7. The molecular formula is C16H23N3O3. The first-order valence-corrected chi connectivity index (χ1v) is 7.10. The predicted octanol–water partition coefficient (Wildman–Crippen LogP) is 1.22. The standard InChI is InChI=1S/C16H23N3O3/c1-11(20)18-13-7-5-12(6-8-13)9-14(21)17-10-15(22)19-16(2,3)4/h5-8H,9-10H2,1-4H3,(H,17,21)(H,18,20)(H,19,22). The van der Waals surface area contributed by atoms with Crippen LogP contribution in [0.25, 0.3) is 0 Å². The van der Waals surface area contributed by atoms with Gasteiger partial charge >= 0.3 is 0 Å². The Hall–Kier alpha value is -2.37. The molecule has 0 aliphatic heterocycles. The Labute approximate surface area is 130 Å². The number of benzene rings is 1.